The summed E-state index contributed by atoms with van der Waals surface area (Å²) >= 11 is 6.22. The average Bonchev–Trinajstić information content (AvgIpc) is 2.73. The normalized spacial score (nSPS) is 14.0. The van der Waals surface area contributed by atoms with E-state index in [1.54, 1.807) is 12.1 Å². The van der Waals surface area contributed by atoms with Crippen molar-refractivity contribution in [1.29, 1.82) is 0 Å². The number of likely N-dealkylation sites (N-methyl/N-ethyl adjacent to an activating group) is 1. The van der Waals surface area contributed by atoms with Crippen LogP contribution < -0.4 is 0 Å². The molecule has 1 aromatic heterocycles. The van der Waals surface area contributed by atoms with Crippen LogP contribution >= 0.6 is 11.6 Å². The number of benzene rings is 1. The third kappa shape index (κ3) is 3.39. The number of halogens is 1. The van der Waals surface area contributed by atoms with Crippen molar-refractivity contribution in [2.75, 3.05) is 26.9 Å². The molecule has 2 rings (SSSR count). The minimum absolute atomic E-state index is 0.252. The fraction of sp³-hybridized carbons (Fsp3) is 0.500. The first-order chi connectivity index (χ1) is 9.71. The highest BCUT2D eigenvalue weighted by Gasteiger charge is 2.20. The van der Waals surface area contributed by atoms with Crippen LogP contribution in [0.5, 0.6) is 0 Å². The number of imidazole rings is 1. The van der Waals surface area contributed by atoms with Gasteiger partial charge in [0.25, 0.3) is 0 Å². The zero-order valence-corrected chi connectivity index (χ0v) is 14.2. The molecule has 0 aliphatic rings. The molecule has 1 atom stereocenters. The molecule has 0 bridgehead atoms. The van der Waals surface area contributed by atoms with Crippen LogP contribution in [0.1, 0.15) is 18.1 Å². The van der Waals surface area contributed by atoms with E-state index in [1.165, 1.54) is 6.26 Å². The molecule has 0 amide bonds. The number of hydrogen-bond acceptors (Lipinski definition) is 4. The Morgan fingerprint density at radius 3 is 2.57 bits per heavy atom. The maximum atomic E-state index is 11.9. The maximum Gasteiger partial charge on any atom is 0.177 e. The second kappa shape index (κ2) is 5.94. The van der Waals surface area contributed by atoms with Gasteiger partial charge in [0.15, 0.2) is 9.84 Å². The predicted molar refractivity (Wildman–Crippen MR) is 85.7 cm³/mol. The number of aromatic nitrogens is 2. The molecule has 0 radical (unpaired) electrons. The van der Waals surface area contributed by atoms with E-state index in [-0.39, 0.29) is 10.3 Å². The number of nitrogens with zero attached hydrogens (tertiary/aromatic N) is 3. The third-order valence-electron chi connectivity index (χ3n) is 3.30. The van der Waals surface area contributed by atoms with Gasteiger partial charge in [0, 0.05) is 19.3 Å². The molecule has 1 heterocycles. The molecular formula is C14H20ClN3O2S. The van der Waals surface area contributed by atoms with Gasteiger partial charge in [-0.1, -0.05) is 6.07 Å². The molecule has 0 saturated heterocycles. The summed E-state index contributed by atoms with van der Waals surface area (Å²) in [6, 6.07) is 5.22. The Hall–Kier alpha value is -1.11. The molecule has 21 heavy (non-hydrogen) atoms. The summed E-state index contributed by atoms with van der Waals surface area (Å²) < 4.78 is 25.8. The van der Waals surface area contributed by atoms with Gasteiger partial charge < -0.3 is 9.47 Å². The van der Waals surface area contributed by atoms with Crippen molar-refractivity contribution in [2.24, 2.45) is 0 Å². The van der Waals surface area contributed by atoms with Crippen LogP contribution in [0.2, 0.25) is 0 Å². The van der Waals surface area contributed by atoms with Crippen LogP contribution in [0.4, 0.5) is 0 Å². The molecule has 0 saturated carbocycles. The topological polar surface area (TPSA) is 55.2 Å². The van der Waals surface area contributed by atoms with Gasteiger partial charge in [-0.05, 0) is 33.2 Å². The lowest BCUT2D eigenvalue weighted by Crippen LogP contribution is -2.19. The van der Waals surface area contributed by atoms with E-state index in [1.807, 2.05) is 31.7 Å². The Morgan fingerprint density at radius 2 is 2.05 bits per heavy atom. The molecule has 7 heteroatoms. The average molecular weight is 330 g/mol. The van der Waals surface area contributed by atoms with Crippen molar-refractivity contribution in [3.05, 3.63) is 24.0 Å². The van der Waals surface area contributed by atoms with E-state index < -0.39 is 9.84 Å². The molecule has 1 aromatic carbocycles. The maximum absolute atomic E-state index is 11.9. The van der Waals surface area contributed by atoms with Gasteiger partial charge in [0.2, 0.25) is 0 Å². The monoisotopic (exact) mass is 329 g/mol. The number of rotatable bonds is 5. The minimum atomic E-state index is -3.32. The number of hydrogen-bond donors (Lipinski definition) is 0. The molecule has 1 unspecified atom stereocenters. The van der Waals surface area contributed by atoms with Crippen LogP contribution in [-0.4, -0.2) is 49.8 Å². The van der Waals surface area contributed by atoms with Gasteiger partial charge in [-0.3, -0.25) is 0 Å². The minimum Gasteiger partial charge on any atom is -0.325 e. The van der Waals surface area contributed by atoms with Crippen molar-refractivity contribution in [2.45, 2.75) is 23.7 Å². The number of fused-ring (bicyclic) bond motifs is 1. The smallest absolute Gasteiger partial charge is 0.177 e. The lowest BCUT2D eigenvalue weighted by Gasteiger charge is -2.14. The second-order valence-electron chi connectivity index (χ2n) is 5.44. The number of alkyl halides is 1. The summed E-state index contributed by atoms with van der Waals surface area (Å²) in [5.74, 6) is 0.699. The largest absolute Gasteiger partial charge is 0.325 e. The van der Waals surface area contributed by atoms with E-state index in [9.17, 15) is 8.42 Å². The predicted octanol–water partition coefficient (Wildman–Crippen LogP) is 2.30. The van der Waals surface area contributed by atoms with E-state index in [4.69, 9.17) is 11.6 Å². The molecule has 2 aromatic rings. The Bertz CT molecular complexity index is 751. The van der Waals surface area contributed by atoms with Gasteiger partial charge in [-0.2, -0.15) is 0 Å². The fourth-order valence-corrected chi connectivity index (χ4v) is 3.27. The summed E-state index contributed by atoms with van der Waals surface area (Å²) in [6.07, 6.45) is 1.20. The quantitative estimate of drug-likeness (QED) is 0.790. The van der Waals surface area contributed by atoms with E-state index in [0.29, 0.717) is 17.9 Å². The van der Waals surface area contributed by atoms with Crippen LogP contribution in [0.25, 0.3) is 11.0 Å². The van der Waals surface area contributed by atoms with Crippen molar-refractivity contribution in [1.82, 2.24) is 14.5 Å². The van der Waals surface area contributed by atoms with Gasteiger partial charge in [-0.25, -0.2) is 13.4 Å². The first kappa shape index (κ1) is 16.3. The van der Waals surface area contributed by atoms with Crippen LogP contribution in [-0.2, 0) is 16.4 Å². The van der Waals surface area contributed by atoms with Crippen molar-refractivity contribution < 1.29 is 8.42 Å². The van der Waals surface area contributed by atoms with Crippen LogP contribution in [0.15, 0.2) is 23.1 Å². The van der Waals surface area contributed by atoms with Gasteiger partial charge in [-0.15, -0.1) is 11.6 Å². The highest BCUT2D eigenvalue weighted by molar-refractivity contribution is 7.91. The zero-order valence-electron chi connectivity index (χ0n) is 12.7. The summed E-state index contributed by atoms with van der Waals surface area (Å²) in [7, 11) is 0.663. The summed E-state index contributed by atoms with van der Waals surface area (Å²) in [5.41, 5.74) is 1.31. The molecule has 0 aliphatic heterocycles. The SMILES string of the molecule is CC(Cl)c1nc2c(S(C)(=O)=O)cccc2n1CCN(C)C. The van der Waals surface area contributed by atoms with E-state index in [2.05, 4.69) is 9.88 Å². The number of para-hydroxylation sites is 1. The molecular weight excluding hydrogens is 310 g/mol. The Balaban J connectivity index is 2.68. The lowest BCUT2D eigenvalue weighted by atomic mass is 10.3. The number of sulfone groups is 1. The van der Waals surface area contributed by atoms with E-state index >= 15 is 0 Å². The molecule has 0 N–H and O–H groups in total. The van der Waals surface area contributed by atoms with Crippen molar-refractivity contribution in [3.8, 4) is 0 Å². The van der Waals surface area contributed by atoms with Gasteiger partial charge in [0.1, 0.15) is 11.3 Å². The van der Waals surface area contributed by atoms with Crippen LogP contribution in [0, 0.1) is 0 Å². The Morgan fingerprint density at radius 1 is 1.38 bits per heavy atom. The van der Waals surface area contributed by atoms with Crippen molar-refractivity contribution >= 4 is 32.5 Å². The summed E-state index contributed by atoms with van der Waals surface area (Å²) in [5, 5.41) is -0.285. The van der Waals surface area contributed by atoms with Crippen LogP contribution in [0.3, 0.4) is 0 Å². The van der Waals surface area contributed by atoms with Gasteiger partial charge in [0.05, 0.1) is 15.8 Å². The van der Waals surface area contributed by atoms with Crippen molar-refractivity contribution in [3.63, 3.8) is 0 Å². The Labute approximate surface area is 130 Å². The first-order valence-corrected chi connectivity index (χ1v) is 9.02. The molecule has 0 fully saturated rings. The zero-order chi connectivity index (χ0) is 15.8. The standard InChI is InChI=1S/C14H20ClN3O2S/c1-10(15)14-16-13-11(18(14)9-8-17(2)3)6-5-7-12(13)21(4,19)20/h5-7,10H,8-9H2,1-4H3. The fourth-order valence-electron chi connectivity index (χ4n) is 2.28. The lowest BCUT2D eigenvalue weighted by molar-refractivity contribution is 0.383. The summed E-state index contributed by atoms with van der Waals surface area (Å²) in [6.45, 7) is 3.38. The summed E-state index contributed by atoms with van der Waals surface area (Å²) in [4.78, 5) is 6.81. The first-order valence-electron chi connectivity index (χ1n) is 6.70. The van der Waals surface area contributed by atoms with Gasteiger partial charge >= 0.3 is 0 Å². The molecule has 0 spiro atoms. The molecule has 116 valence electrons. The molecule has 5 nitrogen and oxygen atoms in total. The Kier molecular flexibility index (Phi) is 4.60. The molecule has 0 aliphatic carbocycles. The third-order valence-corrected chi connectivity index (χ3v) is 4.62. The highest BCUT2D eigenvalue weighted by atomic mass is 35.5. The highest BCUT2D eigenvalue weighted by Crippen LogP contribution is 2.28. The van der Waals surface area contributed by atoms with E-state index in [0.717, 1.165) is 12.1 Å². The second-order valence-corrected chi connectivity index (χ2v) is 8.08.